The summed E-state index contributed by atoms with van der Waals surface area (Å²) in [5.74, 6) is -2.14. The van der Waals surface area contributed by atoms with Crippen molar-refractivity contribution in [3.8, 4) is 0 Å². The zero-order chi connectivity index (χ0) is 18.7. The van der Waals surface area contributed by atoms with Gasteiger partial charge in [-0.3, -0.25) is 9.36 Å². The van der Waals surface area contributed by atoms with E-state index in [0.29, 0.717) is 6.42 Å². The van der Waals surface area contributed by atoms with Crippen LogP contribution in [-0.2, 0) is 14.3 Å². The summed E-state index contributed by atoms with van der Waals surface area (Å²) in [6, 6.07) is 0.307. The molecule has 1 aromatic heterocycles. The molecule has 0 bridgehead atoms. The molecular weight excluding hydrogens is 332 g/mol. The van der Waals surface area contributed by atoms with Gasteiger partial charge in [0.25, 0.3) is 5.91 Å². The van der Waals surface area contributed by atoms with E-state index in [9.17, 15) is 24.6 Å². The van der Waals surface area contributed by atoms with E-state index in [2.05, 4.69) is 10.3 Å². The van der Waals surface area contributed by atoms with Crippen molar-refractivity contribution in [2.45, 2.75) is 51.2 Å². The first-order valence-electron chi connectivity index (χ1n) is 7.96. The molecule has 2 heterocycles. The summed E-state index contributed by atoms with van der Waals surface area (Å²) in [6.45, 7) is 3.51. The van der Waals surface area contributed by atoms with Crippen LogP contribution in [0.5, 0.6) is 0 Å². The standard InChI is InChI=1S/C15H22N4O6/c1-3-7(2)11(14(22)23)18-13(21)12-8(20)6-10(25-12)19-5-4-9(16)17-15(19)24/h4-5,7-8,10-12,20H,3,6H2,1-2H3,(H,18,21)(H,22,23)(H2,16,17,24). The molecule has 5 atom stereocenters. The Bertz CT molecular complexity index is 706. The van der Waals surface area contributed by atoms with Crippen molar-refractivity contribution >= 4 is 17.7 Å². The predicted octanol–water partition coefficient (Wildman–Crippen LogP) is -0.911. The molecule has 1 amide bonds. The van der Waals surface area contributed by atoms with E-state index in [4.69, 9.17) is 10.5 Å². The number of amides is 1. The lowest BCUT2D eigenvalue weighted by Gasteiger charge is -2.23. The van der Waals surface area contributed by atoms with Gasteiger partial charge in [-0.25, -0.2) is 9.59 Å². The average Bonchev–Trinajstić information content (AvgIpc) is 2.93. The van der Waals surface area contributed by atoms with Crippen molar-refractivity contribution in [2.75, 3.05) is 5.73 Å². The number of hydrogen-bond acceptors (Lipinski definition) is 7. The molecule has 0 spiro atoms. The SMILES string of the molecule is CCC(C)C(NC(=O)C1OC(n2ccc(N)nc2=O)CC1O)C(=O)O. The number of carboxylic acid groups (broad SMARTS) is 1. The summed E-state index contributed by atoms with van der Waals surface area (Å²) >= 11 is 0. The monoisotopic (exact) mass is 354 g/mol. The number of rotatable bonds is 6. The van der Waals surface area contributed by atoms with Gasteiger partial charge >= 0.3 is 11.7 Å². The summed E-state index contributed by atoms with van der Waals surface area (Å²) in [7, 11) is 0. The number of nitrogens with one attached hydrogen (secondary N) is 1. The van der Waals surface area contributed by atoms with Crippen molar-refractivity contribution in [1.82, 2.24) is 14.9 Å². The molecule has 1 aliphatic rings. The molecule has 1 aliphatic heterocycles. The number of aromatic nitrogens is 2. The van der Waals surface area contributed by atoms with Crippen LogP contribution in [0.1, 0.15) is 32.9 Å². The Balaban J connectivity index is 2.11. The minimum Gasteiger partial charge on any atom is -0.480 e. The number of aliphatic carboxylic acids is 1. The van der Waals surface area contributed by atoms with Gasteiger partial charge in [-0.2, -0.15) is 4.98 Å². The van der Waals surface area contributed by atoms with Crippen LogP contribution in [0.3, 0.4) is 0 Å². The molecule has 1 saturated heterocycles. The van der Waals surface area contributed by atoms with Crippen molar-refractivity contribution in [3.63, 3.8) is 0 Å². The Morgan fingerprint density at radius 2 is 2.24 bits per heavy atom. The minimum absolute atomic E-state index is 0.00927. The van der Waals surface area contributed by atoms with Crippen molar-refractivity contribution < 1.29 is 24.5 Å². The van der Waals surface area contributed by atoms with E-state index in [1.165, 1.54) is 12.3 Å². The lowest BCUT2D eigenvalue weighted by Crippen LogP contribution is -2.50. The largest absolute Gasteiger partial charge is 0.480 e. The molecule has 25 heavy (non-hydrogen) atoms. The number of carbonyl (C=O) groups excluding carboxylic acids is 1. The third kappa shape index (κ3) is 4.15. The van der Waals surface area contributed by atoms with Crippen LogP contribution in [0.2, 0.25) is 0 Å². The number of carboxylic acids is 1. The van der Waals surface area contributed by atoms with Gasteiger partial charge in [-0.05, 0) is 12.0 Å². The first kappa shape index (κ1) is 18.9. The number of aliphatic hydroxyl groups is 1. The average molecular weight is 354 g/mol. The van der Waals surface area contributed by atoms with E-state index in [-0.39, 0.29) is 18.2 Å². The highest BCUT2D eigenvalue weighted by atomic mass is 16.5. The van der Waals surface area contributed by atoms with E-state index in [0.717, 1.165) is 4.57 Å². The van der Waals surface area contributed by atoms with Gasteiger partial charge in [0, 0.05) is 12.6 Å². The van der Waals surface area contributed by atoms with Crippen LogP contribution in [0.15, 0.2) is 17.1 Å². The van der Waals surface area contributed by atoms with Crippen molar-refractivity contribution in [1.29, 1.82) is 0 Å². The first-order chi connectivity index (χ1) is 11.7. The third-order valence-corrected chi connectivity index (χ3v) is 4.29. The Morgan fingerprint density at radius 1 is 1.56 bits per heavy atom. The van der Waals surface area contributed by atoms with Gasteiger partial charge < -0.3 is 26.0 Å². The number of nitrogens with two attached hydrogens (primary N) is 1. The fraction of sp³-hybridized carbons (Fsp3) is 0.600. The van der Waals surface area contributed by atoms with Gasteiger partial charge in [0.15, 0.2) is 6.10 Å². The molecule has 1 aromatic rings. The highest BCUT2D eigenvalue weighted by Gasteiger charge is 2.41. The normalized spacial score (nSPS) is 25.3. The van der Waals surface area contributed by atoms with Gasteiger partial charge in [-0.1, -0.05) is 20.3 Å². The van der Waals surface area contributed by atoms with Gasteiger partial charge in [-0.15, -0.1) is 0 Å². The summed E-state index contributed by atoms with van der Waals surface area (Å²) in [4.78, 5) is 39.0. The fourth-order valence-electron chi connectivity index (χ4n) is 2.62. The molecule has 0 aliphatic carbocycles. The summed E-state index contributed by atoms with van der Waals surface area (Å²) in [5, 5.41) is 21.7. The Kier molecular flexibility index (Phi) is 5.75. The van der Waals surface area contributed by atoms with Crippen molar-refractivity contribution in [3.05, 3.63) is 22.7 Å². The zero-order valence-electron chi connectivity index (χ0n) is 14.0. The second kappa shape index (κ2) is 7.62. The number of aliphatic hydroxyl groups excluding tert-OH is 1. The topological polar surface area (TPSA) is 157 Å². The molecule has 2 rings (SSSR count). The summed E-state index contributed by atoms with van der Waals surface area (Å²) in [5.41, 5.74) is 4.75. The number of ether oxygens (including phenoxy) is 1. The summed E-state index contributed by atoms with van der Waals surface area (Å²) in [6.07, 6.45) is -1.44. The van der Waals surface area contributed by atoms with Gasteiger partial charge in [0.2, 0.25) is 0 Å². The van der Waals surface area contributed by atoms with E-state index in [1.54, 1.807) is 6.92 Å². The molecule has 0 aromatic carbocycles. The van der Waals surface area contributed by atoms with E-state index < -0.39 is 42.0 Å². The Morgan fingerprint density at radius 3 is 2.80 bits per heavy atom. The minimum atomic E-state index is -1.28. The quantitative estimate of drug-likeness (QED) is 0.511. The van der Waals surface area contributed by atoms with Crippen LogP contribution in [0, 0.1) is 5.92 Å². The Labute approximate surface area is 143 Å². The molecule has 0 saturated carbocycles. The fourth-order valence-corrected chi connectivity index (χ4v) is 2.62. The van der Waals surface area contributed by atoms with Crippen LogP contribution in [0.4, 0.5) is 5.82 Å². The van der Waals surface area contributed by atoms with Gasteiger partial charge in [0.1, 0.15) is 18.1 Å². The van der Waals surface area contributed by atoms with Crippen LogP contribution in [-0.4, -0.2) is 49.9 Å². The smallest absolute Gasteiger partial charge is 0.351 e. The highest BCUT2D eigenvalue weighted by Crippen LogP contribution is 2.28. The highest BCUT2D eigenvalue weighted by molar-refractivity contribution is 5.87. The number of carbonyl (C=O) groups is 2. The first-order valence-corrected chi connectivity index (χ1v) is 7.96. The van der Waals surface area contributed by atoms with Crippen LogP contribution < -0.4 is 16.7 Å². The predicted molar refractivity (Wildman–Crippen MR) is 86.5 cm³/mol. The maximum atomic E-state index is 12.3. The van der Waals surface area contributed by atoms with Crippen molar-refractivity contribution in [2.24, 2.45) is 5.92 Å². The molecule has 138 valence electrons. The van der Waals surface area contributed by atoms with E-state index >= 15 is 0 Å². The number of nitrogen functional groups attached to an aromatic ring is 1. The second-order valence-corrected chi connectivity index (χ2v) is 6.07. The Hall–Kier alpha value is -2.46. The lowest BCUT2D eigenvalue weighted by molar-refractivity contribution is -0.147. The maximum absolute atomic E-state index is 12.3. The molecule has 1 fully saturated rings. The lowest BCUT2D eigenvalue weighted by atomic mass is 9.99. The second-order valence-electron chi connectivity index (χ2n) is 6.07. The number of hydrogen-bond donors (Lipinski definition) is 4. The van der Waals surface area contributed by atoms with Gasteiger partial charge in [0.05, 0.1) is 6.10 Å². The molecule has 10 nitrogen and oxygen atoms in total. The molecule has 0 radical (unpaired) electrons. The van der Waals surface area contributed by atoms with Crippen LogP contribution in [0.25, 0.3) is 0 Å². The number of nitrogens with zero attached hydrogens (tertiary/aromatic N) is 2. The molecule has 5 N–H and O–H groups in total. The zero-order valence-corrected chi connectivity index (χ0v) is 14.0. The molecular formula is C15H22N4O6. The summed E-state index contributed by atoms with van der Waals surface area (Å²) < 4.78 is 6.58. The molecule has 5 unspecified atom stereocenters. The molecule has 10 heteroatoms. The third-order valence-electron chi connectivity index (χ3n) is 4.29. The number of anilines is 1. The van der Waals surface area contributed by atoms with Crippen LogP contribution >= 0.6 is 0 Å². The maximum Gasteiger partial charge on any atom is 0.351 e. The van der Waals surface area contributed by atoms with E-state index in [1.807, 2.05) is 6.92 Å².